The van der Waals surface area contributed by atoms with Crippen molar-refractivity contribution in [2.45, 2.75) is 0 Å². The van der Waals surface area contributed by atoms with E-state index in [9.17, 15) is 5.26 Å². The van der Waals surface area contributed by atoms with Gasteiger partial charge < -0.3 is 10.2 Å². The third-order valence-corrected chi connectivity index (χ3v) is 4.66. The zero-order valence-electron chi connectivity index (χ0n) is 15.1. The van der Waals surface area contributed by atoms with E-state index in [4.69, 9.17) is 11.6 Å². The molecular formula is C22H16ClN5. The molecule has 0 bridgehead atoms. The Morgan fingerprint density at radius 2 is 1.93 bits per heavy atom. The van der Waals surface area contributed by atoms with Gasteiger partial charge in [-0.3, -0.25) is 4.98 Å². The van der Waals surface area contributed by atoms with E-state index in [1.54, 1.807) is 24.5 Å². The number of halogens is 1. The molecule has 0 spiro atoms. The lowest BCUT2D eigenvalue weighted by Gasteiger charge is -2.19. The number of nitrogens with zero attached hydrogens (tertiary/aromatic N) is 4. The monoisotopic (exact) mass is 385 g/mol. The molecule has 2 aromatic heterocycles. The normalized spacial score (nSPS) is 10.5. The molecule has 0 amide bonds. The number of anilines is 4. The number of benzene rings is 2. The van der Waals surface area contributed by atoms with Crippen molar-refractivity contribution in [1.82, 2.24) is 9.97 Å². The van der Waals surface area contributed by atoms with Crippen LogP contribution in [0.25, 0.3) is 10.9 Å². The van der Waals surface area contributed by atoms with Crippen molar-refractivity contribution < 1.29 is 0 Å². The Kier molecular flexibility index (Phi) is 4.79. The average Bonchev–Trinajstić information content (AvgIpc) is 2.73. The summed E-state index contributed by atoms with van der Waals surface area (Å²) in [5.74, 6) is 0.505. The largest absolute Gasteiger partial charge is 0.343 e. The number of hydrogen-bond acceptors (Lipinski definition) is 5. The van der Waals surface area contributed by atoms with Crippen LogP contribution in [0, 0.1) is 11.3 Å². The van der Waals surface area contributed by atoms with Crippen LogP contribution in [0.2, 0.25) is 5.02 Å². The van der Waals surface area contributed by atoms with Crippen molar-refractivity contribution in [1.29, 1.82) is 5.26 Å². The van der Waals surface area contributed by atoms with Gasteiger partial charge in [0.25, 0.3) is 0 Å². The highest BCUT2D eigenvalue weighted by Gasteiger charge is 2.10. The molecule has 4 aromatic rings. The van der Waals surface area contributed by atoms with E-state index in [-0.39, 0.29) is 0 Å². The molecule has 0 aliphatic carbocycles. The maximum absolute atomic E-state index is 9.59. The predicted octanol–water partition coefficient (Wildman–Crippen LogP) is 5.67. The fraction of sp³-hybridized carbons (Fsp3) is 0.0455. The van der Waals surface area contributed by atoms with Crippen molar-refractivity contribution in [3.05, 3.63) is 83.6 Å². The number of pyridine rings is 2. The second-order valence-corrected chi connectivity index (χ2v) is 6.72. The van der Waals surface area contributed by atoms with E-state index in [2.05, 4.69) is 21.4 Å². The third-order valence-electron chi connectivity index (χ3n) is 4.43. The summed E-state index contributed by atoms with van der Waals surface area (Å²) < 4.78 is 0. The lowest BCUT2D eigenvalue weighted by Crippen LogP contribution is -2.09. The van der Waals surface area contributed by atoms with Crippen LogP contribution < -0.4 is 10.2 Å². The van der Waals surface area contributed by atoms with Crippen molar-refractivity contribution >= 4 is 45.4 Å². The molecular weight excluding hydrogens is 370 g/mol. The predicted molar refractivity (Wildman–Crippen MR) is 113 cm³/mol. The number of fused-ring (bicyclic) bond motifs is 1. The van der Waals surface area contributed by atoms with Crippen molar-refractivity contribution in [3.8, 4) is 6.07 Å². The number of rotatable bonds is 4. The Hall–Kier alpha value is -3.62. The first-order valence-corrected chi connectivity index (χ1v) is 9.03. The smallest absolute Gasteiger partial charge is 0.149 e. The van der Waals surface area contributed by atoms with Crippen molar-refractivity contribution in [3.63, 3.8) is 0 Å². The van der Waals surface area contributed by atoms with Crippen LogP contribution >= 0.6 is 11.6 Å². The average molecular weight is 386 g/mol. The van der Waals surface area contributed by atoms with Gasteiger partial charge in [0, 0.05) is 35.0 Å². The number of aromatic nitrogens is 2. The molecule has 0 radical (unpaired) electrons. The molecule has 2 heterocycles. The lowest BCUT2D eigenvalue weighted by atomic mass is 10.1. The molecule has 4 rings (SSSR count). The maximum atomic E-state index is 9.59. The maximum Gasteiger partial charge on any atom is 0.149 e. The Labute approximate surface area is 167 Å². The number of hydrogen-bond donors (Lipinski definition) is 1. The molecule has 0 fully saturated rings. The zero-order chi connectivity index (χ0) is 19.5. The van der Waals surface area contributed by atoms with E-state index < -0.39 is 0 Å². The Morgan fingerprint density at radius 1 is 1.04 bits per heavy atom. The van der Waals surface area contributed by atoms with E-state index in [0.29, 0.717) is 16.4 Å². The van der Waals surface area contributed by atoms with Crippen LogP contribution in [0.15, 0.2) is 73.1 Å². The molecule has 2 aromatic carbocycles. The lowest BCUT2D eigenvalue weighted by molar-refractivity contribution is 1.18. The molecule has 136 valence electrons. The second kappa shape index (κ2) is 7.55. The Morgan fingerprint density at radius 3 is 2.68 bits per heavy atom. The molecule has 0 atom stereocenters. The highest BCUT2D eigenvalue weighted by molar-refractivity contribution is 6.30. The molecule has 28 heavy (non-hydrogen) atoms. The molecule has 0 aliphatic heterocycles. The van der Waals surface area contributed by atoms with Crippen LogP contribution in [0.1, 0.15) is 5.56 Å². The molecule has 0 saturated carbocycles. The van der Waals surface area contributed by atoms with Crippen LogP contribution in [0.4, 0.5) is 22.9 Å². The minimum atomic E-state index is 0.466. The van der Waals surface area contributed by atoms with Gasteiger partial charge in [-0.25, -0.2) is 4.98 Å². The summed E-state index contributed by atoms with van der Waals surface area (Å²) in [7, 11) is 1.98. The topological polar surface area (TPSA) is 64.8 Å². The molecule has 1 N–H and O–H groups in total. The van der Waals surface area contributed by atoms with E-state index in [0.717, 1.165) is 28.0 Å². The molecule has 0 unspecified atom stereocenters. The third kappa shape index (κ3) is 3.59. The first kappa shape index (κ1) is 17.8. The van der Waals surface area contributed by atoms with Gasteiger partial charge in [0.1, 0.15) is 11.9 Å². The number of nitrogens with one attached hydrogen (secondary N) is 1. The van der Waals surface area contributed by atoms with Gasteiger partial charge in [0.15, 0.2) is 0 Å². The quantitative estimate of drug-likeness (QED) is 0.490. The van der Waals surface area contributed by atoms with E-state index in [1.165, 1.54) is 0 Å². The molecule has 5 nitrogen and oxygen atoms in total. The summed E-state index contributed by atoms with van der Waals surface area (Å²) in [4.78, 5) is 10.8. The fourth-order valence-electron chi connectivity index (χ4n) is 2.96. The highest BCUT2D eigenvalue weighted by atomic mass is 35.5. The van der Waals surface area contributed by atoms with Gasteiger partial charge >= 0.3 is 0 Å². The SMILES string of the molecule is CN(c1cccnc1)c1ccc2nc(Nc3cccc(Cl)c3)c(C#N)cc2c1. The van der Waals surface area contributed by atoms with Gasteiger partial charge in [0.05, 0.1) is 23.0 Å². The van der Waals surface area contributed by atoms with Crippen molar-refractivity contribution in [2.24, 2.45) is 0 Å². The van der Waals surface area contributed by atoms with Gasteiger partial charge in [0.2, 0.25) is 0 Å². The minimum absolute atomic E-state index is 0.466. The van der Waals surface area contributed by atoms with Crippen molar-refractivity contribution in [2.75, 3.05) is 17.3 Å². The molecule has 0 saturated heterocycles. The minimum Gasteiger partial charge on any atom is -0.343 e. The summed E-state index contributed by atoms with van der Waals surface area (Å²) in [6.07, 6.45) is 3.55. The van der Waals surface area contributed by atoms with E-state index >= 15 is 0 Å². The molecule has 6 heteroatoms. The summed E-state index contributed by atoms with van der Waals surface area (Å²) in [5.41, 5.74) is 4.01. The first-order valence-electron chi connectivity index (χ1n) is 8.65. The van der Waals surface area contributed by atoms with Crippen LogP contribution in [0.3, 0.4) is 0 Å². The van der Waals surface area contributed by atoms with Crippen LogP contribution in [-0.2, 0) is 0 Å². The standard InChI is InChI=1S/C22H16ClN5/c1-28(20-6-3-9-25-14-20)19-7-8-21-15(11-19)10-16(13-24)22(27-21)26-18-5-2-4-17(23)12-18/h2-12,14H,1H3,(H,26,27). The van der Waals surface area contributed by atoms with E-state index in [1.807, 2.05) is 60.5 Å². The Bertz CT molecular complexity index is 1180. The fourth-order valence-corrected chi connectivity index (χ4v) is 3.15. The van der Waals surface area contributed by atoms with Gasteiger partial charge in [-0.15, -0.1) is 0 Å². The zero-order valence-corrected chi connectivity index (χ0v) is 15.9. The van der Waals surface area contributed by atoms with Crippen LogP contribution in [0.5, 0.6) is 0 Å². The van der Waals surface area contributed by atoms with Gasteiger partial charge in [-0.05, 0) is 54.6 Å². The summed E-state index contributed by atoms with van der Waals surface area (Å²) in [6.45, 7) is 0. The van der Waals surface area contributed by atoms with Gasteiger partial charge in [-0.2, -0.15) is 5.26 Å². The summed E-state index contributed by atoms with van der Waals surface area (Å²) >= 11 is 6.04. The summed E-state index contributed by atoms with van der Waals surface area (Å²) in [5, 5.41) is 14.3. The van der Waals surface area contributed by atoms with Gasteiger partial charge in [-0.1, -0.05) is 17.7 Å². The second-order valence-electron chi connectivity index (χ2n) is 6.28. The number of nitriles is 1. The first-order chi connectivity index (χ1) is 13.6. The summed E-state index contributed by atoms with van der Waals surface area (Å²) in [6, 6.07) is 21.2. The highest BCUT2D eigenvalue weighted by Crippen LogP contribution is 2.29. The molecule has 0 aliphatic rings. The van der Waals surface area contributed by atoms with Crippen LogP contribution in [-0.4, -0.2) is 17.0 Å². The Balaban J connectivity index is 1.72.